The molecule has 3 heterocycles. The predicted molar refractivity (Wildman–Crippen MR) is 109 cm³/mol. The van der Waals surface area contributed by atoms with E-state index in [0.717, 1.165) is 41.0 Å². The van der Waals surface area contributed by atoms with Gasteiger partial charge in [0.2, 0.25) is 0 Å². The number of esters is 1. The van der Waals surface area contributed by atoms with Crippen molar-refractivity contribution in [1.82, 2.24) is 9.38 Å². The summed E-state index contributed by atoms with van der Waals surface area (Å²) in [4.78, 5) is 44.8. The van der Waals surface area contributed by atoms with Crippen LogP contribution in [0.3, 0.4) is 0 Å². The molecule has 0 fully saturated rings. The van der Waals surface area contributed by atoms with Crippen molar-refractivity contribution in [2.45, 2.75) is 39.5 Å². The third-order valence-corrected chi connectivity index (χ3v) is 6.76. The van der Waals surface area contributed by atoms with E-state index >= 15 is 0 Å². The summed E-state index contributed by atoms with van der Waals surface area (Å²) >= 11 is 2.77. The van der Waals surface area contributed by atoms with Gasteiger partial charge in [0.15, 0.2) is 4.96 Å². The molecule has 0 saturated carbocycles. The minimum atomic E-state index is -0.570. The molecule has 0 bridgehead atoms. The summed E-state index contributed by atoms with van der Waals surface area (Å²) in [6.45, 7) is 3.89. The maximum Gasteiger partial charge on any atom is 0.341 e. The molecule has 3 aromatic rings. The van der Waals surface area contributed by atoms with Crippen LogP contribution in [-0.2, 0) is 17.6 Å². The number of fused-ring (bicyclic) bond motifs is 2. The quantitative estimate of drug-likeness (QED) is 0.657. The number of ether oxygens (including phenoxy) is 1. The van der Waals surface area contributed by atoms with E-state index in [-0.39, 0.29) is 12.2 Å². The number of thiophene rings is 1. The van der Waals surface area contributed by atoms with E-state index in [1.54, 1.807) is 13.1 Å². The lowest BCUT2D eigenvalue weighted by molar-refractivity contribution is 0.0526. The van der Waals surface area contributed by atoms with E-state index in [1.165, 1.54) is 33.3 Å². The van der Waals surface area contributed by atoms with Gasteiger partial charge in [-0.25, -0.2) is 9.78 Å². The van der Waals surface area contributed by atoms with Crippen LogP contribution >= 0.6 is 22.7 Å². The van der Waals surface area contributed by atoms with E-state index in [1.807, 2.05) is 6.92 Å². The zero-order valence-corrected chi connectivity index (χ0v) is 17.2. The Kier molecular flexibility index (Phi) is 5.03. The molecule has 1 N–H and O–H groups in total. The lowest BCUT2D eigenvalue weighted by Gasteiger charge is -2.12. The molecule has 1 aliphatic rings. The number of thiazole rings is 1. The van der Waals surface area contributed by atoms with Crippen molar-refractivity contribution >= 4 is 44.5 Å². The highest BCUT2D eigenvalue weighted by molar-refractivity contribution is 7.17. The summed E-state index contributed by atoms with van der Waals surface area (Å²) < 4.78 is 6.58. The topological polar surface area (TPSA) is 89.8 Å². The van der Waals surface area contributed by atoms with Crippen LogP contribution in [0.25, 0.3) is 4.96 Å². The number of hydrogen-bond acceptors (Lipinski definition) is 7. The van der Waals surface area contributed by atoms with Crippen molar-refractivity contribution in [2.75, 3.05) is 11.9 Å². The number of carbonyl (C=O) groups is 2. The monoisotopic (exact) mass is 417 g/mol. The van der Waals surface area contributed by atoms with Crippen molar-refractivity contribution in [3.63, 3.8) is 0 Å². The van der Waals surface area contributed by atoms with Crippen LogP contribution in [0.4, 0.5) is 5.00 Å². The predicted octanol–water partition coefficient (Wildman–Crippen LogP) is 3.43. The molecule has 3 aromatic heterocycles. The highest BCUT2D eigenvalue weighted by atomic mass is 32.1. The fourth-order valence-electron chi connectivity index (χ4n) is 3.39. The Labute approximate surface area is 169 Å². The van der Waals surface area contributed by atoms with Crippen molar-refractivity contribution in [1.29, 1.82) is 0 Å². The van der Waals surface area contributed by atoms with Gasteiger partial charge in [-0.2, -0.15) is 0 Å². The fraction of sp³-hybridized carbons (Fsp3) is 0.368. The minimum absolute atomic E-state index is 0.0588. The van der Waals surface area contributed by atoms with E-state index in [0.29, 0.717) is 15.5 Å². The van der Waals surface area contributed by atoms with Gasteiger partial charge in [-0.05, 0) is 45.1 Å². The Morgan fingerprint density at radius 2 is 2.07 bits per heavy atom. The number of rotatable bonds is 4. The van der Waals surface area contributed by atoms with E-state index in [2.05, 4.69) is 10.3 Å². The standard InChI is InChI=1S/C19H19N3O4S2/c1-3-26-18(25)14-11-6-4-5-7-13(11)28-16(14)21-15(23)12-8-20-19-22(17(12)24)9-10(2)27-19/h8-9H,3-7H2,1-2H3,(H,21,23). The molecule has 1 amide bonds. The van der Waals surface area contributed by atoms with E-state index < -0.39 is 17.4 Å². The number of aryl methyl sites for hydroxylation is 2. The SMILES string of the molecule is CCOC(=O)c1c(NC(=O)c2cnc3sc(C)cn3c2=O)sc2c1CCCC2. The molecule has 0 atom stereocenters. The van der Waals surface area contributed by atoms with Gasteiger partial charge in [0.25, 0.3) is 11.5 Å². The number of carbonyl (C=O) groups excluding carboxylic acids is 2. The third-order valence-electron chi connectivity index (χ3n) is 4.65. The Bertz CT molecular complexity index is 1140. The molecule has 1 aliphatic carbocycles. The number of hydrogen-bond donors (Lipinski definition) is 1. The van der Waals surface area contributed by atoms with Gasteiger partial charge in [-0.15, -0.1) is 22.7 Å². The minimum Gasteiger partial charge on any atom is -0.462 e. The lowest BCUT2D eigenvalue weighted by atomic mass is 9.95. The molecule has 0 spiro atoms. The number of nitrogens with one attached hydrogen (secondary N) is 1. The van der Waals surface area contributed by atoms with Crippen LogP contribution in [0.15, 0.2) is 17.2 Å². The molecule has 146 valence electrons. The summed E-state index contributed by atoms with van der Waals surface area (Å²) in [6, 6.07) is 0. The number of anilines is 1. The Morgan fingerprint density at radius 1 is 1.29 bits per heavy atom. The summed E-state index contributed by atoms with van der Waals surface area (Å²) in [7, 11) is 0. The Morgan fingerprint density at radius 3 is 2.86 bits per heavy atom. The molecule has 0 radical (unpaired) electrons. The number of nitrogens with zero attached hydrogens (tertiary/aromatic N) is 2. The van der Waals surface area contributed by atoms with Crippen molar-refractivity contribution in [3.8, 4) is 0 Å². The van der Waals surface area contributed by atoms with Crippen LogP contribution in [0.5, 0.6) is 0 Å². The molecular weight excluding hydrogens is 398 g/mol. The molecule has 4 rings (SSSR count). The van der Waals surface area contributed by atoms with Gasteiger partial charge in [0.05, 0.1) is 12.2 Å². The smallest absolute Gasteiger partial charge is 0.341 e. The van der Waals surface area contributed by atoms with Gasteiger partial charge < -0.3 is 10.1 Å². The van der Waals surface area contributed by atoms with Crippen LogP contribution in [0, 0.1) is 6.92 Å². The zero-order chi connectivity index (χ0) is 19.8. The summed E-state index contributed by atoms with van der Waals surface area (Å²) in [5, 5.41) is 3.21. The first-order valence-electron chi connectivity index (χ1n) is 9.10. The van der Waals surface area contributed by atoms with Gasteiger partial charge >= 0.3 is 5.97 Å². The van der Waals surface area contributed by atoms with Crippen LogP contribution in [-0.4, -0.2) is 27.9 Å². The van der Waals surface area contributed by atoms with Crippen molar-refractivity contribution in [3.05, 3.63) is 49.2 Å². The summed E-state index contributed by atoms with van der Waals surface area (Å²) in [5.74, 6) is -1.00. The average molecular weight is 418 g/mol. The highest BCUT2D eigenvalue weighted by Gasteiger charge is 2.28. The molecule has 28 heavy (non-hydrogen) atoms. The van der Waals surface area contributed by atoms with Crippen LogP contribution in [0.1, 0.15) is 55.8 Å². The average Bonchev–Trinajstić information content (AvgIpc) is 3.22. The van der Waals surface area contributed by atoms with Crippen LogP contribution in [0.2, 0.25) is 0 Å². The molecule has 0 saturated heterocycles. The molecule has 0 aliphatic heterocycles. The lowest BCUT2D eigenvalue weighted by Crippen LogP contribution is -2.26. The normalized spacial score (nSPS) is 13.4. The first-order valence-corrected chi connectivity index (χ1v) is 10.7. The second-order valence-electron chi connectivity index (χ2n) is 6.56. The number of aromatic nitrogens is 2. The fourth-order valence-corrected chi connectivity index (χ4v) is 5.45. The van der Waals surface area contributed by atoms with Gasteiger partial charge in [-0.1, -0.05) is 0 Å². The summed E-state index contributed by atoms with van der Waals surface area (Å²) in [6.07, 6.45) is 6.69. The van der Waals surface area contributed by atoms with Crippen LogP contribution < -0.4 is 10.9 Å². The maximum absolute atomic E-state index is 12.8. The summed E-state index contributed by atoms with van der Waals surface area (Å²) in [5.41, 5.74) is 0.904. The largest absolute Gasteiger partial charge is 0.462 e. The molecule has 7 nitrogen and oxygen atoms in total. The molecule has 9 heteroatoms. The first kappa shape index (κ1) is 18.8. The second kappa shape index (κ2) is 7.48. The Hall–Kier alpha value is -2.52. The van der Waals surface area contributed by atoms with E-state index in [9.17, 15) is 14.4 Å². The maximum atomic E-state index is 12.8. The van der Waals surface area contributed by atoms with Crippen molar-refractivity contribution < 1.29 is 14.3 Å². The zero-order valence-electron chi connectivity index (χ0n) is 15.5. The first-order chi connectivity index (χ1) is 13.5. The van der Waals surface area contributed by atoms with Gasteiger partial charge in [0.1, 0.15) is 10.6 Å². The highest BCUT2D eigenvalue weighted by Crippen LogP contribution is 2.38. The number of amides is 1. The molecular formula is C19H19N3O4S2. The van der Waals surface area contributed by atoms with Gasteiger partial charge in [0, 0.05) is 22.1 Å². The third kappa shape index (κ3) is 3.24. The van der Waals surface area contributed by atoms with Gasteiger partial charge in [-0.3, -0.25) is 14.0 Å². The molecule has 0 aromatic carbocycles. The van der Waals surface area contributed by atoms with Crippen molar-refractivity contribution in [2.24, 2.45) is 0 Å². The van der Waals surface area contributed by atoms with E-state index in [4.69, 9.17) is 4.74 Å². The molecule has 0 unspecified atom stereocenters. The Balaban J connectivity index is 1.72. The second-order valence-corrected chi connectivity index (χ2v) is 8.88.